The number of rotatable bonds is 7. The molecule has 0 fully saturated rings. The summed E-state index contributed by atoms with van der Waals surface area (Å²) in [7, 11) is 0. The molecule has 1 atom stereocenters. The lowest BCUT2D eigenvalue weighted by molar-refractivity contribution is -0.174. The van der Waals surface area contributed by atoms with E-state index >= 15 is 0 Å². The van der Waals surface area contributed by atoms with Crippen molar-refractivity contribution in [2.75, 3.05) is 0 Å². The van der Waals surface area contributed by atoms with Crippen LogP contribution in [-0.4, -0.2) is 38.3 Å². The zero-order valence-electron chi connectivity index (χ0n) is 16.1. The van der Waals surface area contributed by atoms with E-state index in [1.54, 1.807) is 25.1 Å². The summed E-state index contributed by atoms with van der Waals surface area (Å²) in [6.45, 7) is 2.76. The number of aromatic amines is 1. The largest absolute Gasteiger partial charge is 0.392 e. The smallest absolute Gasteiger partial charge is 0.352 e. The SMILES string of the molecule is Cc1nonc1C(=O)NCc1nc2ccc(CNC(=O)CC(C)C(F)(F)F)cc2[nH]1. The van der Waals surface area contributed by atoms with Gasteiger partial charge in [-0.3, -0.25) is 9.59 Å². The van der Waals surface area contributed by atoms with E-state index in [0.29, 0.717) is 28.1 Å². The molecule has 0 aliphatic heterocycles. The maximum Gasteiger partial charge on any atom is 0.392 e. The van der Waals surface area contributed by atoms with E-state index in [1.807, 2.05) is 0 Å². The summed E-state index contributed by atoms with van der Waals surface area (Å²) in [5.74, 6) is -2.34. The number of nitrogens with one attached hydrogen (secondary N) is 3. The first-order valence-corrected chi connectivity index (χ1v) is 9.01. The van der Waals surface area contributed by atoms with Gasteiger partial charge in [-0.2, -0.15) is 13.2 Å². The molecule has 1 unspecified atom stereocenters. The molecule has 160 valence electrons. The van der Waals surface area contributed by atoms with Crippen LogP contribution in [0.25, 0.3) is 11.0 Å². The molecule has 0 aliphatic carbocycles. The van der Waals surface area contributed by atoms with Gasteiger partial charge in [0.05, 0.1) is 23.5 Å². The minimum atomic E-state index is -4.40. The van der Waals surface area contributed by atoms with E-state index in [0.717, 1.165) is 6.92 Å². The molecular weight excluding hydrogens is 405 g/mol. The third-order valence-corrected chi connectivity index (χ3v) is 4.42. The van der Waals surface area contributed by atoms with Crippen LogP contribution in [0.4, 0.5) is 13.2 Å². The topological polar surface area (TPSA) is 126 Å². The number of H-pyrrole nitrogens is 1. The van der Waals surface area contributed by atoms with Crippen LogP contribution in [0.15, 0.2) is 22.8 Å². The summed E-state index contributed by atoms with van der Waals surface area (Å²) >= 11 is 0. The number of hydrogen-bond acceptors (Lipinski definition) is 6. The van der Waals surface area contributed by atoms with Crippen molar-refractivity contribution < 1.29 is 27.4 Å². The number of carbonyl (C=O) groups excluding carboxylic acids is 2. The zero-order valence-corrected chi connectivity index (χ0v) is 16.1. The van der Waals surface area contributed by atoms with Crippen molar-refractivity contribution in [1.29, 1.82) is 0 Å². The fraction of sp³-hybridized carbons (Fsp3) is 0.389. The normalized spacial score (nSPS) is 12.7. The predicted molar refractivity (Wildman–Crippen MR) is 98.0 cm³/mol. The van der Waals surface area contributed by atoms with Gasteiger partial charge >= 0.3 is 6.18 Å². The summed E-state index contributed by atoms with van der Waals surface area (Å²) in [6, 6.07) is 5.15. The lowest BCUT2D eigenvalue weighted by Gasteiger charge is -2.15. The van der Waals surface area contributed by atoms with E-state index in [-0.39, 0.29) is 18.8 Å². The molecule has 0 bridgehead atoms. The number of carbonyl (C=O) groups is 2. The van der Waals surface area contributed by atoms with Crippen molar-refractivity contribution in [3.05, 3.63) is 41.0 Å². The molecule has 3 rings (SSSR count). The summed E-state index contributed by atoms with van der Waals surface area (Å²) < 4.78 is 42.1. The lowest BCUT2D eigenvalue weighted by atomic mass is 10.1. The Labute approximate surface area is 168 Å². The van der Waals surface area contributed by atoms with Crippen LogP contribution >= 0.6 is 0 Å². The standard InChI is InChI=1S/C18H19F3N6O3/c1-9(18(19,20)21)5-15(28)22-7-11-3-4-12-13(6-11)25-14(24-12)8-23-17(29)16-10(2)26-30-27-16/h3-4,6,9H,5,7-8H2,1-2H3,(H,22,28)(H,23,29)(H,24,25). The van der Waals surface area contributed by atoms with Crippen molar-refractivity contribution in [1.82, 2.24) is 30.9 Å². The molecule has 30 heavy (non-hydrogen) atoms. The highest BCUT2D eigenvalue weighted by Crippen LogP contribution is 2.28. The van der Waals surface area contributed by atoms with Crippen LogP contribution in [0.3, 0.4) is 0 Å². The third kappa shape index (κ3) is 5.13. The predicted octanol–water partition coefficient (Wildman–Crippen LogP) is 2.39. The third-order valence-electron chi connectivity index (χ3n) is 4.42. The van der Waals surface area contributed by atoms with Gasteiger partial charge in [0.15, 0.2) is 5.69 Å². The summed E-state index contributed by atoms with van der Waals surface area (Å²) in [5.41, 5.74) is 2.45. The van der Waals surface area contributed by atoms with Gasteiger partial charge in [-0.1, -0.05) is 18.1 Å². The van der Waals surface area contributed by atoms with Gasteiger partial charge in [0, 0.05) is 13.0 Å². The van der Waals surface area contributed by atoms with Crippen LogP contribution in [0.1, 0.15) is 40.9 Å². The van der Waals surface area contributed by atoms with Crippen LogP contribution in [0.2, 0.25) is 0 Å². The molecule has 1 aromatic carbocycles. The number of fused-ring (bicyclic) bond motifs is 1. The number of imidazole rings is 1. The second-order valence-corrected chi connectivity index (χ2v) is 6.84. The van der Waals surface area contributed by atoms with Crippen molar-refractivity contribution in [3.63, 3.8) is 0 Å². The second-order valence-electron chi connectivity index (χ2n) is 6.84. The first-order chi connectivity index (χ1) is 14.1. The van der Waals surface area contributed by atoms with E-state index in [4.69, 9.17) is 0 Å². The summed E-state index contributed by atoms with van der Waals surface area (Å²) in [5, 5.41) is 12.2. The Morgan fingerprint density at radius 3 is 2.63 bits per heavy atom. The van der Waals surface area contributed by atoms with Crippen LogP contribution < -0.4 is 10.6 Å². The lowest BCUT2D eigenvalue weighted by Crippen LogP contribution is -2.29. The second kappa shape index (κ2) is 8.51. The molecule has 12 heteroatoms. The van der Waals surface area contributed by atoms with Crippen LogP contribution in [0.5, 0.6) is 0 Å². The molecule has 3 aromatic rings. The Bertz CT molecular complexity index is 1060. The van der Waals surface area contributed by atoms with Crippen molar-refractivity contribution in [2.45, 2.75) is 39.5 Å². The molecule has 0 spiro atoms. The zero-order chi connectivity index (χ0) is 21.9. The van der Waals surface area contributed by atoms with Gasteiger partial charge in [0.2, 0.25) is 5.91 Å². The van der Waals surface area contributed by atoms with E-state index in [1.165, 1.54) is 0 Å². The number of alkyl halides is 3. The highest BCUT2D eigenvalue weighted by Gasteiger charge is 2.37. The summed E-state index contributed by atoms with van der Waals surface area (Å²) in [6.07, 6.45) is -5.03. The minimum absolute atomic E-state index is 0.0862. The monoisotopic (exact) mass is 424 g/mol. The Balaban J connectivity index is 1.57. The van der Waals surface area contributed by atoms with Gasteiger partial charge in [-0.05, 0) is 29.8 Å². The van der Waals surface area contributed by atoms with E-state index < -0.39 is 30.3 Å². The number of hydrogen-bond donors (Lipinski definition) is 3. The fourth-order valence-electron chi connectivity index (χ4n) is 2.66. The maximum atomic E-state index is 12.5. The Morgan fingerprint density at radius 1 is 1.20 bits per heavy atom. The molecular formula is C18H19F3N6O3. The van der Waals surface area contributed by atoms with Gasteiger partial charge in [0.25, 0.3) is 5.91 Å². The number of nitrogens with zero attached hydrogens (tertiary/aromatic N) is 3. The number of halogens is 3. The van der Waals surface area contributed by atoms with Crippen LogP contribution in [0, 0.1) is 12.8 Å². The fourth-order valence-corrected chi connectivity index (χ4v) is 2.66. The molecule has 2 aromatic heterocycles. The Morgan fingerprint density at radius 2 is 1.97 bits per heavy atom. The first kappa shape index (κ1) is 21.3. The molecule has 3 N–H and O–H groups in total. The average molecular weight is 424 g/mol. The van der Waals surface area contributed by atoms with E-state index in [2.05, 4.69) is 35.5 Å². The van der Waals surface area contributed by atoms with Crippen molar-refractivity contribution in [3.8, 4) is 0 Å². The number of benzene rings is 1. The quantitative estimate of drug-likeness (QED) is 0.535. The Hall–Kier alpha value is -3.44. The minimum Gasteiger partial charge on any atom is -0.352 e. The van der Waals surface area contributed by atoms with Crippen molar-refractivity contribution in [2.24, 2.45) is 5.92 Å². The molecule has 2 amide bonds. The highest BCUT2D eigenvalue weighted by atomic mass is 19.4. The molecule has 0 radical (unpaired) electrons. The molecule has 0 saturated carbocycles. The Kier molecular flexibility index (Phi) is 6.04. The highest BCUT2D eigenvalue weighted by molar-refractivity contribution is 5.92. The van der Waals surface area contributed by atoms with Gasteiger partial charge in [-0.25, -0.2) is 9.61 Å². The van der Waals surface area contributed by atoms with Gasteiger partial charge < -0.3 is 15.6 Å². The maximum absolute atomic E-state index is 12.5. The molecule has 0 aliphatic rings. The number of aromatic nitrogens is 4. The molecule has 9 nitrogen and oxygen atoms in total. The number of aryl methyl sites for hydroxylation is 1. The molecule has 2 heterocycles. The van der Waals surface area contributed by atoms with Gasteiger partial charge in [0.1, 0.15) is 11.5 Å². The average Bonchev–Trinajstić information content (AvgIpc) is 3.28. The number of amides is 2. The summed E-state index contributed by atoms with van der Waals surface area (Å²) in [4.78, 5) is 31.1. The van der Waals surface area contributed by atoms with Crippen molar-refractivity contribution >= 4 is 22.8 Å². The van der Waals surface area contributed by atoms with Gasteiger partial charge in [-0.15, -0.1) is 0 Å². The first-order valence-electron chi connectivity index (χ1n) is 9.01. The van der Waals surface area contributed by atoms with Crippen LogP contribution in [-0.2, 0) is 17.9 Å². The molecule has 0 saturated heterocycles. The van der Waals surface area contributed by atoms with E-state index in [9.17, 15) is 22.8 Å².